The molecule has 0 unspecified atom stereocenters. The SMILES string of the molecule is Cc1ccc(C(=O)Cc2ccc3ccccc3c2)s1. The summed E-state index contributed by atoms with van der Waals surface area (Å²) >= 11 is 1.57. The van der Waals surface area contributed by atoms with E-state index in [1.165, 1.54) is 15.6 Å². The molecule has 2 heteroatoms. The highest BCUT2D eigenvalue weighted by Crippen LogP contribution is 2.20. The van der Waals surface area contributed by atoms with Crippen LogP contribution in [0.3, 0.4) is 0 Å². The Morgan fingerprint density at radius 3 is 2.53 bits per heavy atom. The molecule has 0 radical (unpaired) electrons. The average molecular weight is 266 g/mol. The zero-order valence-corrected chi connectivity index (χ0v) is 11.5. The van der Waals surface area contributed by atoms with E-state index >= 15 is 0 Å². The Kier molecular flexibility index (Phi) is 3.18. The van der Waals surface area contributed by atoms with E-state index in [1.807, 2.05) is 37.3 Å². The van der Waals surface area contributed by atoms with Crippen LogP contribution in [0, 0.1) is 6.92 Å². The zero-order valence-electron chi connectivity index (χ0n) is 10.7. The monoisotopic (exact) mass is 266 g/mol. The van der Waals surface area contributed by atoms with Crippen molar-refractivity contribution in [3.63, 3.8) is 0 Å². The van der Waals surface area contributed by atoms with Gasteiger partial charge in [-0.1, -0.05) is 42.5 Å². The number of aryl methyl sites for hydroxylation is 1. The molecule has 3 rings (SSSR count). The Balaban J connectivity index is 1.87. The van der Waals surface area contributed by atoms with Gasteiger partial charge in [0.1, 0.15) is 0 Å². The van der Waals surface area contributed by atoms with Gasteiger partial charge in [-0.2, -0.15) is 0 Å². The minimum atomic E-state index is 0.202. The van der Waals surface area contributed by atoms with Crippen molar-refractivity contribution in [2.45, 2.75) is 13.3 Å². The lowest BCUT2D eigenvalue weighted by Crippen LogP contribution is -2.00. The fraction of sp³-hybridized carbons (Fsp3) is 0.118. The number of carbonyl (C=O) groups excluding carboxylic acids is 1. The number of carbonyl (C=O) groups is 1. The van der Waals surface area contributed by atoms with Gasteiger partial charge in [-0.15, -0.1) is 11.3 Å². The number of benzene rings is 2. The van der Waals surface area contributed by atoms with Crippen LogP contribution in [0.1, 0.15) is 20.1 Å². The van der Waals surface area contributed by atoms with Crippen molar-refractivity contribution in [1.82, 2.24) is 0 Å². The van der Waals surface area contributed by atoms with Crippen LogP contribution in [0.15, 0.2) is 54.6 Å². The van der Waals surface area contributed by atoms with Gasteiger partial charge >= 0.3 is 0 Å². The van der Waals surface area contributed by atoms with Crippen LogP contribution >= 0.6 is 11.3 Å². The number of hydrogen-bond donors (Lipinski definition) is 0. The van der Waals surface area contributed by atoms with Crippen molar-refractivity contribution in [1.29, 1.82) is 0 Å². The normalized spacial score (nSPS) is 10.8. The van der Waals surface area contributed by atoms with E-state index in [1.54, 1.807) is 11.3 Å². The second kappa shape index (κ2) is 4.98. The maximum Gasteiger partial charge on any atom is 0.177 e. The third kappa shape index (κ3) is 2.59. The minimum absolute atomic E-state index is 0.202. The van der Waals surface area contributed by atoms with Crippen LogP contribution in [0.4, 0.5) is 0 Å². The number of Topliss-reactive ketones (excluding diaryl/α,β-unsaturated/α-hetero) is 1. The van der Waals surface area contributed by atoms with Crippen molar-refractivity contribution < 1.29 is 4.79 Å². The van der Waals surface area contributed by atoms with E-state index in [2.05, 4.69) is 24.3 Å². The quantitative estimate of drug-likeness (QED) is 0.631. The van der Waals surface area contributed by atoms with Gasteiger partial charge in [-0.25, -0.2) is 0 Å². The molecule has 1 aromatic heterocycles. The van der Waals surface area contributed by atoms with Crippen molar-refractivity contribution in [3.8, 4) is 0 Å². The van der Waals surface area contributed by atoms with Gasteiger partial charge in [-0.3, -0.25) is 4.79 Å². The van der Waals surface area contributed by atoms with Crippen LogP contribution in [0.25, 0.3) is 10.8 Å². The van der Waals surface area contributed by atoms with Crippen LogP contribution in [-0.2, 0) is 6.42 Å². The zero-order chi connectivity index (χ0) is 13.2. The molecule has 19 heavy (non-hydrogen) atoms. The number of fused-ring (bicyclic) bond motifs is 1. The summed E-state index contributed by atoms with van der Waals surface area (Å²) in [7, 11) is 0. The third-order valence-electron chi connectivity index (χ3n) is 3.19. The molecule has 1 heterocycles. The van der Waals surface area contributed by atoms with Gasteiger partial charge in [0.25, 0.3) is 0 Å². The molecule has 0 spiro atoms. The standard InChI is InChI=1S/C17H14OS/c1-12-6-9-17(19-12)16(18)11-13-7-8-14-4-2-3-5-15(14)10-13/h2-10H,11H2,1H3. The van der Waals surface area contributed by atoms with E-state index in [-0.39, 0.29) is 5.78 Å². The summed E-state index contributed by atoms with van der Waals surface area (Å²) in [5.74, 6) is 0.202. The van der Waals surface area contributed by atoms with Crippen molar-refractivity contribution >= 4 is 27.9 Å². The second-order valence-corrected chi connectivity index (χ2v) is 5.98. The molecular formula is C17H14OS. The second-order valence-electron chi connectivity index (χ2n) is 4.69. The van der Waals surface area contributed by atoms with E-state index in [9.17, 15) is 4.79 Å². The summed E-state index contributed by atoms with van der Waals surface area (Å²) in [6, 6.07) is 18.4. The van der Waals surface area contributed by atoms with Crippen LogP contribution in [-0.4, -0.2) is 5.78 Å². The van der Waals surface area contributed by atoms with Gasteiger partial charge in [0.05, 0.1) is 4.88 Å². The molecule has 2 aromatic carbocycles. The molecule has 1 nitrogen and oxygen atoms in total. The summed E-state index contributed by atoms with van der Waals surface area (Å²) in [5.41, 5.74) is 1.08. The fourth-order valence-corrected chi connectivity index (χ4v) is 3.01. The smallest absolute Gasteiger partial charge is 0.177 e. The first-order chi connectivity index (χ1) is 9.22. The van der Waals surface area contributed by atoms with Crippen LogP contribution < -0.4 is 0 Å². The Labute approximate surface area is 116 Å². The fourth-order valence-electron chi connectivity index (χ4n) is 2.21. The first-order valence-electron chi connectivity index (χ1n) is 6.30. The Bertz CT molecular complexity index is 740. The number of ketones is 1. The highest BCUT2D eigenvalue weighted by Gasteiger charge is 2.09. The van der Waals surface area contributed by atoms with Crippen LogP contribution in [0.5, 0.6) is 0 Å². The maximum absolute atomic E-state index is 12.2. The van der Waals surface area contributed by atoms with Gasteiger partial charge in [0.15, 0.2) is 5.78 Å². The summed E-state index contributed by atoms with van der Waals surface area (Å²) in [5, 5.41) is 2.40. The first-order valence-corrected chi connectivity index (χ1v) is 7.11. The van der Waals surface area contributed by atoms with Gasteiger partial charge < -0.3 is 0 Å². The van der Waals surface area contributed by atoms with Crippen molar-refractivity contribution in [2.24, 2.45) is 0 Å². The highest BCUT2D eigenvalue weighted by atomic mass is 32.1. The molecular weight excluding hydrogens is 252 g/mol. The molecule has 0 fully saturated rings. The molecule has 3 aromatic rings. The number of rotatable bonds is 3. The van der Waals surface area contributed by atoms with Gasteiger partial charge in [0.2, 0.25) is 0 Å². The van der Waals surface area contributed by atoms with E-state index in [0.29, 0.717) is 6.42 Å². The number of thiophene rings is 1. The molecule has 0 saturated heterocycles. The predicted molar refractivity (Wildman–Crippen MR) is 81.0 cm³/mol. The third-order valence-corrected chi connectivity index (χ3v) is 4.24. The van der Waals surface area contributed by atoms with E-state index < -0.39 is 0 Å². The average Bonchev–Trinajstić information content (AvgIpc) is 2.85. The molecule has 0 aliphatic carbocycles. The van der Waals surface area contributed by atoms with E-state index in [4.69, 9.17) is 0 Å². The lowest BCUT2D eigenvalue weighted by molar-refractivity contribution is 0.0997. The van der Waals surface area contributed by atoms with E-state index in [0.717, 1.165) is 10.4 Å². The number of hydrogen-bond acceptors (Lipinski definition) is 2. The summed E-state index contributed by atoms with van der Waals surface area (Å²) in [6.45, 7) is 2.03. The molecule has 0 aliphatic rings. The molecule has 0 saturated carbocycles. The van der Waals surface area contributed by atoms with Crippen molar-refractivity contribution in [2.75, 3.05) is 0 Å². The maximum atomic E-state index is 12.2. The van der Waals surface area contributed by atoms with Crippen molar-refractivity contribution in [3.05, 3.63) is 69.9 Å². The topological polar surface area (TPSA) is 17.1 Å². The Morgan fingerprint density at radius 2 is 1.79 bits per heavy atom. The minimum Gasteiger partial charge on any atom is -0.293 e. The highest BCUT2D eigenvalue weighted by molar-refractivity contribution is 7.14. The molecule has 0 amide bonds. The Hall–Kier alpha value is -1.93. The molecule has 94 valence electrons. The molecule has 0 aliphatic heterocycles. The lowest BCUT2D eigenvalue weighted by atomic mass is 10.0. The van der Waals surface area contributed by atoms with Gasteiger partial charge in [-0.05, 0) is 35.4 Å². The summed E-state index contributed by atoms with van der Waals surface area (Å²) in [4.78, 5) is 14.2. The lowest BCUT2D eigenvalue weighted by Gasteiger charge is -2.02. The molecule has 0 atom stereocenters. The summed E-state index contributed by atoms with van der Waals surface area (Å²) in [6.07, 6.45) is 0.477. The molecule has 0 bridgehead atoms. The van der Waals surface area contributed by atoms with Gasteiger partial charge in [0, 0.05) is 11.3 Å². The largest absolute Gasteiger partial charge is 0.293 e. The molecule has 0 N–H and O–H groups in total. The summed E-state index contributed by atoms with van der Waals surface area (Å²) < 4.78 is 0. The van der Waals surface area contributed by atoms with Crippen LogP contribution in [0.2, 0.25) is 0 Å². The Morgan fingerprint density at radius 1 is 1.00 bits per heavy atom. The predicted octanol–water partition coefficient (Wildman–Crippen LogP) is 4.64. The first kappa shape index (κ1) is 12.1.